The molecule has 1 aliphatic carbocycles. The molecule has 0 aliphatic heterocycles. The van der Waals surface area contributed by atoms with Crippen LogP contribution in [0.5, 0.6) is 0 Å². The Morgan fingerprint density at radius 2 is 1.65 bits per heavy atom. The van der Waals surface area contributed by atoms with Crippen LogP contribution in [0.3, 0.4) is 0 Å². The van der Waals surface area contributed by atoms with Crippen molar-refractivity contribution in [1.29, 1.82) is 0 Å². The molecule has 1 fully saturated rings. The molecule has 0 aromatic heterocycles. The second-order valence-corrected chi connectivity index (χ2v) is 6.78. The zero-order valence-electron chi connectivity index (χ0n) is 15.1. The second-order valence-electron chi connectivity index (χ2n) is 6.78. The zero-order chi connectivity index (χ0) is 18.5. The van der Waals surface area contributed by atoms with Crippen molar-refractivity contribution in [2.45, 2.75) is 32.7 Å². The molecule has 0 atom stereocenters. The van der Waals surface area contributed by atoms with E-state index in [-0.39, 0.29) is 30.4 Å². The lowest BCUT2D eigenvalue weighted by Gasteiger charge is -2.27. The van der Waals surface area contributed by atoms with Crippen LogP contribution in [0, 0.1) is 5.92 Å². The van der Waals surface area contributed by atoms with E-state index in [0.717, 1.165) is 29.9 Å². The first-order valence-electron chi connectivity index (χ1n) is 8.95. The Labute approximate surface area is 154 Å². The van der Waals surface area contributed by atoms with E-state index in [1.54, 1.807) is 4.90 Å². The van der Waals surface area contributed by atoms with Gasteiger partial charge in [0.15, 0.2) is 6.61 Å². The molecule has 2 aromatic rings. The molecule has 1 aliphatic rings. The standard InChI is InChI=1S/C21H24N2O3/c1-15(2)23(20(24)14-26-21(25)16-8-9-16)19-12-10-18(11-13-19)22-17-6-4-3-5-7-17/h3-7,10-13,15-16,22H,8-9,14H2,1-2H3. The van der Waals surface area contributed by atoms with Gasteiger partial charge in [0, 0.05) is 23.1 Å². The number of nitrogens with zero attached hydrogens (tertiary/aromatic N) is 1. The number of nitrogens with one attached hydrogen (secondary N) is 1. The molecule has 0 saturated heterocycles. The lowest BCUT2D eigenvalue weighted by molar-refractivity contribution is -0.149. The lowest BCUT2D eigenvalue weighted by Crippen LogP contribution is -2.40. The van der Waals surface area contributed by atoms with Gasteiger partial charge >= 0.3 is 5.97 Å². The van der Waals surface area contributed by atoms with Crippen LogP contribution in [-0.4, -0.2) is 24.5 Å². The molecule has 26 heavy (non-hydrogen) atoms. The number of esters is 1. The van der Waals surface area contributed by atoms with Gasteiger partial charge < -0.3 is 15.0 Å². The fourth-order valence-electron chi connectivity index (χ4n) is 2.76. The predicted octanol–water partition coefficient (Wildman–Crippen LogP) is 4.12. The van der Waals surface area contributed by atoms with Gasteiger partial charge in [-0.2, -0.15) is 0 Å². The monoisotopic (exact) mass is 352 g/mol. The number of carbonyl (C=O) groups is 2. The molecular weight excluding hydrogens is 328 g/mol. The fourth-order valence-corrected chi connectivity index (χ4v) is 2.76. The summed E-state index contributed by atoms with van der Waals surface area (Å²) in [5.74, 6) is -0.471. The van der Waals surface area contributed by atoms with Gasteiger partial charge in [0.25, 0.3) is 5.91 Å². The van der Waals surface area contributed by atoms with E-state index in [2.05, 4.69) is 5.32 Å². The maximum Gasteiger partial charge on any atom is 0.309 e. The first kappa shape index (κ1) is 18.0. The molecular formula is C21H24N2O3. The van der Waals surface area contributed by atoms with Crippen molar-refractivity contribution in [2.75, 3.05) is 16.8 Å². The predicted molar refractivity (Wildman–Crippen MR) is 102 cm³/mol. The van der Waals surface area contributed by atoms with Crippen LogP contribution in [0.4, 0.5) is 17.1 Å². The molecule has 0 heterocycles. The normalized spacial score (nSPS) is 13.3. The maximum atomic E-state index is 12.5. The zero-order valence-corrected chi connectivity index (χ0v) is 15.1. The van der Waals surface area contributed by atoms with Crippen LogP contribution < -0.4 is 10.2 Å². The average molecular weight is 352 g/mol. The van der Waals surface area contributed by atoms with Gasteiger partial charge in [0.2, 0.25) is 0 Å². The highest BCUT2D eigenvalue weighted by molar-refractivity contribution is 5.96. The molecule has 1 amide bonds. The van der Waals surface area contributed by atoms with Crippen LogP contribution in [0.25, 0.3) is 0 Å². The van der Waals surface area contributed by atoms with Crippen molar-refractivity contribution in [3.05, 3.63) is 54.6 Å². The van der Waals surface area contributed by atoms with E-state index in [4.69, 9.17) is 4.74 Å². The van der Waals surface area contributed by atoms with Gasteiger partial charge in [-0.15, -0.1) is 0 Å². The van der Waals surface area contributed by atoms with Crippen molar-refractivity contribution < 1.29 is 14.3 Å². The van der Waals surface area contributed by atoms with E-state index in [9.17, 15) is 9.59 Å². The molecule has 5 nitrogen and oxygen atoms in total. The van der Waals surface area contributed by atoms with Crippen LogP contribution in [0.2, 0.25) is 0 Å². The highest BCUT2D eigenvalue weighted by Crippen LogP contribution is 2.30. The van der Waals surface area contributed by atoms with Gasteiger partial charge in [-0.3, -0.25) is 9.59 Å². The Kier molecular flexibility index (Phi) is 5.56. The SMILES string of the molecule is CC(C)N(C(=O)COC(=O)C1CC1)c1ccc(Nc2ccccc2)cc1. The van der Waals surface area contributed by atoms with E-state index in [1.165, 1.54) is 0 Å². The van der Waals surface area contributed by atoms with Gasteiger partial charge in [-0.1, -0.05) is 18.2 Å². The summed E-state index contributed by atoms with van der Waals surface area (Å²) in [6.07, 6.45) is 1.74. The highest BCUT2D eigenvalue weighted by atomic mass is 16.5. The molecule has 0 unspecified atom stereocenters. The first-order chi connectivity index (χ1) is 12.5. The molecule has 0 radical (unpaired) electrons. The summed E-state index contributed by atoms with van der Waals surface area (Å²) in [7, 11) is 0. The number of hydrogen-bond donors (Lipinski definition) is 1. The van der Waals surface area contributed by atoms with Crippen LogP contribution >= 0.6 is 0 Å². The molecule has 2 aromatic carbocycles. The molecule has 0 spiro atoms. The van der Waals surface area contributed by atoms with E-state index >= 15 is 0 Å². The molecule has 136 valence electrons. The minimum Gasteiger partial charge on any atom is -0.455 e. The Hall–Kier alpha value is -2.82. The minimum absolute atomic E-state index is 0.00126. The molecule has 5 heteroatoms. The molecule has 1 N–H and O–H groups in total. The van der Waals surface area contributed by atoms with Crippen molar-refractivity contribution in [2.24, 2.45) is 5.92 Å². The van der Waals surface area contributed by atoms with Gasteiger partial charge in [-0.25, -0.2) is 0 Å². The van der Waals surface area contributed by atoms with Crippen molar-refractivity contribution in [3.8, 4) is 0 Å². The van der Waals surface area contributed by atoms with Gasteiger partial charge in [0.05, 0.1) is 5.92 Å². The fraction of sp³-hybridized carbons (Fsp3) is 0.333. The summed E-state index contributed by atoms with van der Waals surface area (Å²) in [5.41, 5.74) is 2.73. The number of anilines is 3. The topological polar surface area (TPSA) is 58.6 Å². The maximum absolute atomic E-state index is 12.5. The third-order valence-electron chi connectivity index (χ3n) is 4.24. The first-order valence-corrected chi connectivity index (χ1v) is 8.95. The van der Waals surface area contributed by atoms with E-state index in [1.807, 2.05) is 68.4 Å². The van der Waals surface area contributed by atoms with Crippen molar-refractivity contribution in [1.82, 2.24) is 0 Å². The number of para-hydroxylation sites is 1. The average Bonchev–Trinajstić information content (AvgIpc) is 3.47. The van der Waals surface area contributed by atoms with Gasteiger partial charge in [0.1, 0.15) is 0 Å². The summed E-state index contributed by atoms with van der Waals surface area (Å²) < 4.78 is 5.14. The minimum atomic E-state index is -0.260. The van der Waals surface area contributed by atoms with E-state index < -0.39 is 0 Å². The second kappa shape index (κ2) is 8.04. The van der Waals surface area contributed by atoms with Crippen molar-refractivity contribution in [3.63, 3.8) is 0 Å². The number of amides is 1. The number of ether oxygens (including phenoxy) is 1. The Morgan fingerprint density at radius 3 is 2.23 bits per heavy atom. The Bertz CT molecular complexity index is 753. The largest absolute Gasteiger partial charge is 0.455 e. The summed E-state index contributed by atoms with van der Waals surface area (Å²) in [5, 5.41) is 3.32. The molecule has 0 bridgehead atoms. The third-order valence-corrected chi connectivity index (χ3v) is 4.24. The summed E-state index contributed by atoms with van der Waals surface area (Å²) >= 11 is 0. The smallest absolute Gasteiger partial charge is 0.309 e. The molecule has 3 rings (SSSR count). The number of rotatable bonds is 7. The number of hydrogen-bond acceptors (Lipinski definition) is 4. The third kappa shape index (κ3) is 4.63. The van der Waals surface area contributed by atoms with E-state index in [0.29, 0.717) is 0 Å². The number of benzene rings is 2. The summed E-state index contributed by atoms with van der Waals surface area (Å²) in [4.78, 5) is 25.9. The van der Waals surface area contributed by atoms with Crippen LogP contribution in [0.15, 0.2) is 54.6 Å². The van der Waals surface area contributed by atoms with Crippen molar-refractivity contribution >= 4 is 28.9 Å². The Morgan fingerprint density at radius 1 is 1.04 bits per heavy atom. The molecule has 1 saturated carbocycles. The van der Waals surface area contributed by atoms with Crippen LogP contribution in [0.1, 0.15) is 26.7 Å². The Balaban J connectivity index is 1.65. The number of carbonyl (C=O) groups excluding carboxylic acids is 2. The lowest BCUT2D eigenvalue weighted by atomic mass is 10.2. The highest BCUT2D eigenvalue weighted by Gasteiger charge is 2.32. The van der Waals surface area contributed by atoms with Crippen LogP contribution in [-0.2, 0) is 14.3 Å². The van der Waals surface area contributed by atoms with Gasteiger partial charge in [-0.05, 0) is 63.1 Å². The summed E-state index contributed by atoms with van der Waals surface area (Å²) in [6.45, 7) is 3.67. The quantitative estimate of drug-likeness (QED) is 0.762. The summed E-state index contributed by atoms with van der Waals surface area (Å²) in [6, 6.07) is 17.5.